The van der Waals surface area contributed by atoms with Gasteiger partial charge in [0.05, 0.1) is 4.90 Å². The number of primary sulfonamides is 1. The Balaban J connectivity index is 1.91. The molecule has 8 heteroatoms. The van der Waals surface area contributed by atoms with Gasteiger partial charge in [0.25, 0.3) is 0 Å². The zero-order chi connectivity index (χ0) is 20.7. The van der Waals surface area contributed by atoms with Crippen molar-refractivity contribution in [1.29, 1.82) is 0 Å². The van der Waals surface area contributed by atoms with E-state index in [4.69, 9.17) is 5.14 Å². The maximum atomic E-state index is 12.5. The van der Waals surface area contributed by atoms with Crippen molar-refractivity contribution in [3.8, 4) is 0 Å². The van der Waals surface area contributed by atoms with Crippen molar-refractivity contribution in [3.05, 3.63) is 65.7 Å². The molecule has 0 spiro atoms. The third-order valence-corrected chi connectivity index (χ3v) is 5.15. The fourth-order valence-corrected chi connectivity index (χ4v) is 3.16. The molecule has 0 saturated carbocycles. The average molecular weight is 404 g/mol. The van der Waals surface area contributed by atoms with Crippen molar-refractivity contribution in [2.75, 3.05) is 6.54 Å². The molecule has 0 saturated heterocycles. The van der Waals surface area contributed by atoms with Gasteiger partial charge in [0, 0.05) is 19.1 Å². The summed E-state index contributed by atoms with van der Waals surface area (Å²) in [5.41, 5.74) is 1.78. The summed E-state index contributed by atoms with van der Waals surface area (Å²) in [5, 5.41) is 7.68. The highest BCUT2D eigenvalue weighted by molar-refractivity contribution is 7.89. The highest BCUT2D eigenvalue weighted by atomic mass is 32.2. The smallest absolute Gasteiger partial charge is 0.312 e. The highest BCUT2D eigenvalue weighted by Crippen LogP contribution is 2.10. The van der Waals surface area contributed by atoms with Crippen LogP contribution in [0.5, 0.6) is 0 Å². The number of nitrogens with one attached hydrogen (secondary N) is 1. The molecule has 0 radical (unpaired) electrons. The lowest BCUT2D eigenvalue weighted by atomic mass is 10.1. The number of hydrogen-bond acceptors (Lipinski definition) is 4. The lowest BCUT2D eigenvalue weighted by Gasteiger charge is -2.26. The molecule has 0 aliphatic carbocycles. The van der Waals surface area contributed by atoms with Gasteiger partial charge in [0.15, 0.2) is 0 Å². The number of amides is 2. The predicted molar refractivity (Wildman–Crippen MR) is 107 cm³/mol. The maximum absolute atomic E-state index is 12.5. The molecule has 150 valence electrons. The zero-order valence-electron chi connectivity index (χ0n) is 16.0. The Bertz CT molecular complexity index is 910. The monoisotopic (exact) mass is 403 g/mol. The third kappa shape index (κ3) is 6.17. The first-order valence-electron chi connectivity index (χ1n) is 8.93. The summed E-state index contributed by atoms with van der Waals surface area (Å²) in [6.45, 7) is 4.35. The maximum Gasteiger partial charge on any atom is 0.312 e. The first-order chi connectivity index (χ1) is 13.2. The van der Waals surface area contributed by atoms with Gasteiger partial charge in [-0.1, -0.05) is 42.5 Å². The normalized spacial score (nSPS) is 11.3. The van der Waals surface area contributed by atoms with Crippen LogP contribution in [0.25, 0.3) is 0 Å². The SMILES string of the molecule is CC(C)N(Cc1ccccc1)C(=O)C(=O)NCCc1ccc(S(N)(=O)=O)cc1. The van der Waals surface area contributed by atoms with Crippen LogP contribution in [0.2, 0.25) is 0 Å². The van der Waals surface area contributed by atoms with E-state index in [0.29, 0.717) is 13.0 Å². The van der Waals surface area contributed by atoms with E-state index < -0.39 is 21.8 Å². The van der Waals surface area contributed by atoms with Gasteiger partial charge in [0.1, 0.15) is 0 Å². The molecule has 0 aliphatic heterocycles. The number of carbonyl (C=O) groups excluding carboxylic acids is 2. The number of sulfonamides is 1. The molecule has 0 heterocycles. The van der Waals surface area contributed by atoms with Gasteiger partial charge in [-0.3, -0.25) is 9.59 Å². The van der Waals surface area contributed by atoms with Crippen LogP contribution in [-0.2, 0) is 32.6 Å². The number of carbonyl (C=O) groups is 2. The largest absolute Gasteiger partial charge is 0.347 e. The summed E-state index contributed by atoms with van der Waals surface area (Å²) in [6.07, 6.45) is 0.463. The first kappa shape index (κ1) is 21.6. The number of nitrogens with zero attached hydrogens (tertiary/aromatic N) is 1. The van der Waals surface area contributed by atoms with Crippen LogP contribution in [-0.4, -0.2) is 37.7 Å². The van der Waals surface area contributed by atoms with E-state index in [1.165, 1.54) is 17.0 Å². The van der Waals surface area contributed by atoms with Gasteiger partial charge in [-0.2, -0.15) is 0 Å². The van der Waals surface area contributed by atoms with Crippen LogP contribution in [0, 0.1) is 0 Å². The number of benzene rings is 2. The molecular weight excluding hydrogens is 378 g/mol. The molecule has 0 unspecified atom stereocenters. The Labute approximate surface area is 165 Å². The van der Waals surface area contributed by atoms with Gasteiger partial charge in [-0.05, 0) is 43.5 Å². The fraction of sp³-hybridized carbons (Fsp3) is 0.300. The Kier molecular flexibility index (Phi) is 7.31. The minimum Gasteiger partial charge on any atom is -0.347 e. The molecule has 3 N–H and O–H groups in total. The third-order valence-electron chi connectivity index (χ3n) is 4.23. The van der Waals surface area contributed by atoms with Crippen molar-refractivity contribution >= 4 is 21.8 Å². The molecule has 2 amide bonds. The van der Waals surface area contributed by atoms with Crippen LogP contribution >= 0.6 is 0 Å². The minimum absolute atomic E-state index is 0.0314. The predicted octanol–water partition coefficient (Wildman–Crippen LogP) is 1.43. The Hall–Kier alpha value is -2.71. The Morgan fingerprint density at radius 1 is 1.00 bits per heavy atom. The number of hydrogen-bond donors (Lipinski definition) is 2. The van der Waals surface area contributed by atoms with Crippen molar-refractivity contribution in [1.82, 2.24) is 10.2 Å². The van der Waals surface area contributed by atoms with Gasteiger partial charge in [-0.15, -0.1) is 0 Å². The van der Waals surface area contributed by atoms with Gasteiger partial charge in [-0.25, -0.2) is 13.6 Å². The summed E-state index contributed by atoms with van der Waals surface area (Å²) in [4.78, 5) is 26.3. The van der Waals surface area contributed by atoms with Crippen LogP contribution < -0.4 is 10.5 Å². The lowest BCUT2D eigenvalue weighted by molar-refractivity contribution is -0.147. The van der Waals surface area contributed by atoms with Crippen LogP contribution in [0.3, 0.4) is 0 Å². The standard InChI is InChI=1S/C20H25N3O4S/c1-15(2)23(14-17-6-4-3-5-7-17)20(25)19(24)22-13-12-16-8-10-18(11-9-16)28(21,26)27/h3-11,15H,12-14H2,1-2H3,(H,22,24)(H2,21,26,27). The molecule has 0 bridgehead atoms. The number of nitrogens with two attached hydrogens (primary N) is 1. The van der Waals surface area contributed by atoms with Crippen molar-refractivity contribution in [2.45, 2.75) is 37.8 Å². The van der Waals surface area contributed by atoms with Crippen molar-refractivity contribution < 1.29 is 18.0 Å². The van der Waals surface area contributed by atoms with Crippen LogP contribution in [0.15, 0.2) is 59.5 Å². The second-order valence-corrected chi connectivity index (χ2v) is 8.27. The molecular formula is C20H25N3O4S. The van der Waals surface area contributed by atoms with Crippen LogP contribution in [0.4, 0.5) is 0 Å². The van der Waals surface area contributed by atoms with E-state index in [1.54, 1.807) is 12.1 Å². The zero-order valence-corrected chi connectivity index (χ0v) is 16.8. The minimum atomic E-state index is -3.73. The van der Waals surface area contributed by atoms with Crippen molar-refractivity contribution in [2.24, 2.45) is 5.14 Å². The van der Waals surface area contributed by atoms with Crippen LogP contribution in [0.1, 0.15) is 25.0 Å². The molecule has 0 aromatic heterocycles. The van der Waals surface area contributed by atoms with E-state index in [1.807, 2.05) is 44.2 Å². The van der Waals surface area contributed by atoms with E-state index in [2.05, 4.69) is 5.32 Å². The second kappa shape index (κ2) is 9.48. The molecule has 28 heavy (non-hydrogen) atoms. The van der Waals surface area contributed by atoms with Gasteiger partial charge >= 0.3 is 11.8 Å². The van der Waals surface area contributed by atoms with E-state index in [0.717, 1.165) is 11.1 Å². The summed E-state index contributed by atoms with van der Waals surface area (Å²) in [5.74, 6) is -1.24. The Morgan fingerprint density at radius 2 is 1.61 bits per heavy atom. The van der Waals surface area contributed by atoms with Crippen molar-refractivity contribution in [3.63, 3.8) is 0 Å². The fourth-order valence-electron chi connectivity index (χ4n) is 2.64. The summed E-state index contributed by atoms with van der Waals surface area (Å²) >= 11 is 0. The lowest BCUT2D eigenvalue weighted by Crippen LogP contribution is -2.46. The van der Waals surface area contributed by atoms with E-state index in [9.17, 15) is 18.0 Å². The molecule has 2 aromatic carbocycles. The average Bonchev–Trinajstić information content (AvgIpc) is 2.65. The van der Waals surface area contributed by atoms with Gasteiger partial charge in [0.2, 0.25) is 10.0 Å². The van der Waals surface area contributed by atoms with E-state index >= 15 is 0 Å². The number of rotatable bonds is 7. The second-order valence-electron chi connectivity index (χ2n) is 6.71. The Morgan fingerprint density at radius 3 is 2.14 bits per heavy atom. The summed E-state index contributed by atoms with van der Waals surface area (Å²) in [6, 6.07) is 15.5. The van der Waals surface area contributed by atoms with Gasteiger partial charge < -0.3 is 10.2 Å². The first-order valence-corrected chi connectivity index (χ1v) is 10.5. The topological polar surface area (TPSA) is 110 Å². The molecule has 2 rings (SSSR count). The van der Waals surface area contributed by atoms with E-state index in [-0.39, 0.29) is 17.5 Å². The quantitative estimate of drug-likeness (QED) is 0.682. The molecule has 0 fully saturated rings. The molecule has 7 nitrogen and oxygen atoms in total. The highest BCUT2D eigenvalue weighted by Gasteiger charge is 2.24. The molecule has 0 atom stereocenters. The summed E-state index contributed by atoms with van der Waals surface area (Å²) < 4.78 is 22.5. The molecule has 2 aromatic rings. The molecule has 0 aliphatic rings. The summed E-state index contributed by atoms with van der Waals surface area (Å²) in [7, 11) is -3.73.